The first-order valence-electron chi connectivity index (χ1n) is 7.37. The molecule has 1 unspecified atom stereocenters. The van der Waals surface area contributed by atoms with Gasteiger partial charge in [0.15, 0.2) is 6.61 Å². The maximum absolute atomic E-state index is 11.7. The SMILES string of the molecule is CCCC(C)NC(=O)COc1ccc(CNCC)cc1. The quantitative estimate of drug-likeness (QED) is 0.729. The second-order valence-electron chi connectivity index (χ2n) is 4.97. The predicted octanol–water partition coefficient (Wildman–Crippen LogP) is 2.48. The molecule has 0 heterocycles. The molecule has 0 radical (unpaired) electrons. The smallest absolute Gasteiger partial charge is 0.258 e. The van der Waals surface area contributed by atoms with Gasteiger partial charge in [0.2, 0.25) is 0 Å². The van der Waals surface area contributed by atoms with Crippen LogP contribution in [-0.4, -0.2) is 25.1 Å². The third-order valence-corrected chi connectivity index (χ3v) is 3.00. The number of benzene rings is 1. The molecule has 20 heavy (non-hydrogen) atoms. The van der Waals surface area contributed by atoms with Gasteiger partial charge >= 0.3 is 0 Å². The van der Waals surface area contributed by atoms with Gasteiger partial charge in [0, 0.05) is 12.6 Å². The van der Waals surface area contributed by atoms with Gasteiger partial charge in [0.05, 0.1) is 0 Å². The van der Waals surface area contributed by atoms with E-state index in [4.69, 9.17) is 4.74 Å². The Morgan fingerprint density at radius 3 is 2.55 bits per heavy atom. The molecule has 0 spiro atoms. The number of ether oxygens (including phenoxy) is 1. The fourth-order valence-electron chi connectivity index (χ4n) is 1.94. The minimum absolute atomic E-state index is 0.0670. The molecule has 1 amide bonds. The molecule has 0 aliphatic rings. The molecule has 0 aliphatic heterocycles. The number of nitrogens with one attached hydrogen (secondary N) is 2. The molecule has 112 valence electrons. The van der Waals surface area contributed by atoms with Crippen molar-refractivity contribution in [1.82, 2.24) is 10.6 Å². The third kappa shape index (κ3) is 6.57. The van der Waals surface area contributed by atoms with Crippen LogP contribution in [0.4, 0.5) is 0 Å². The van der Waals surface area contributed by atoms with Crippen molar-refractivity contribution >= 4 is 5.91 Å². The Labute approximate surface area is 121 Å². The molecule has 4 nitrogen and oxygen atoms in total. The molecule has 0 aromatic heterocycles. The molecule has 1 aromatic carbocycles. The highest BCUT2D eigenvalue weighted by Gasteiger charge is 2.07. The predicted molar refractivity (Wildman–Crippen MR) is 81.8 cm³/mol. The first kappa shape index (κ1) is 16.5. The van der Waals surface area contributed by atoms with E-state index in [2.05, 4.69) is 24.5 Å². The van der Waals surface area contributed by atoms with E-state index in [0.29, 0.717) is 0 Å². The normalized spacial score (nSPS) is 11.9. The summed E-state index contributed by atoms with van der Waals surface area (Å²) in [7, 11) is 0. The van der Waals surface area contributed by atoms with Crippen LogP contribution in [0, 0.1) is 0 Å². The standard InChI is InChI=1S/C16H26N2O2/c1-4-6-13(3)18-16(19)12-20-15-9-7-14(8-10-15)11-17-5-2/h7-10,13,17H,4-6,11-12H2,1-3H3,(H,18,19). The topological polar surface area (TPSA) is 50.4 Å². The average molecular weight is 278 g/mol. The van der Waals surface area contributed by atoms with Crippen LogP contribution in [0.25, 0.3) is 0 Å². The Hall–Kier alpha value is -1.55. The molecular weight excluding hydrogens is 252 g/mol. The first-order chi connectivity index (χ1) is 9.65. The second-order valence-corrected chi connectivity index (χ2v) is 4.97. The summed E-state index contributed by atoms with van der Waals surface area (Å²) < 4.78 is 5.47. The van der Waals surface area contributed by atoms with Crippen LogP contribution >= 0.6 is 0 Å². The van der Waals surface area contributed by atoms with Gasteiger partial charge in [-0.05, 0) is 37.6 Å². The maximum Gasteiger partial charge on any atom is 0.258 e. The zero-order valence-corrected chi connectivity index (χ0v) is 12.7. The molecule has 0 saturated carbocycles. The number of rotatable bonds is 9. The Bertz CT molecular complexity index is 390. The van der Waals surface area contributed by atoms with Gasteiger partial charge < -0.3 is 15.4 Å². The Morgan fingerprint density at radius 2 is 1.95 bits per heavy atom. The van der Waals surface area contributed by atoms with Crippen molar-refractivity contribution in [3.05, 3.63) is 29.8 Å². The highest BCUT2D eigenvalue weighted by molar-refractivity contribution is 5.77. The van der Waals surface area contributed by atoms with Crippen LogP contribution in [0.2, 0.25) is 0 Å². The fraction of sp³-hybridized carbons (Fsp3) is 0.562. The lowest BCUT2D eigenvalue weighted by molar-refractivity contribution is -0.123. The second kappa shape index (κ2) is 9.37. The minimum Gasteiger partial charge on any atom is -0.484 e. The van der Waals surface area contributed by atoms with Crippen molar-refractivity contribution in [3.63, 3.8) is 0 Å². The van der Waals surface area contributed by atoms with Crippen molar-refractivity contribution in [3.8, 4) is 5.75 Å². The fourth-order valence-corrected chi connectivity index (χ4v) is 1.94. The van der Waals surface area contributed by atoms with Crippen molar-refractivity contribution in [2.45, 2.75) is 46.2 Å². The van der Waals surface area contributed by atoms with Gasteiger partial charge in [-0.25, -0.2) is 0 Å². The maximum atomic E-state index is 11.7. The van der Waals surface area contributed by atoms with Crippen LogP contribution in [0.15, 0.2) is 24.3 Å². The van der Waals surface area contributed by atoms with Gasteiger partial charge in [-0.2, -0.15) is 0 Å². The third-order valence-electron chi connectivity index (χ3n) is 3.00. The molecule has 1 aromatic rings. The Kier molecular flexibility index (Phi) is 7.73. The van der Waals surface area contributed by atoms with Crippen LogP contribution in [0.3, 0.4) is 0 Å². The molecule has 0 saturated heterocycles. The summed E-state index contributed by atoms with van der Waals surface area (Å²) in [5.74, 6) is 0.659. The number of carbonyl (C=O) groups is 1. The molecule has 4 heteroatoms. The lowest BCUT2D eigenvalue weighted by Gasteiger charge is -2.13. The van der Waals surface area contributed by atoms with Gasteiger partial charge in [0.25, 0.3) is 5.91 Å². The highest BCUT2D eigenvalue weighted by atomic mass is 16.5. The largest absolute Gasteiger partial charge is 0.484 e. The minimum atomic E-state index is -0.0670. The average Bonchev–Trinajstić information content (AvgIpc) is 2.44. The zero-order valence-electron chi connectivity index (χ0n) is 12.7. The van der Waals surface area contributed by atoms with Crippen molar-refractivity contribution in [2.75, 3.05) is 13.2 Å². The number of hydrogen-bond donors (Lipinski definition) is 2. The monoisotopic (exact) mass is 278 g/mol. The molecule has 0 aliphatic carbocycles. The first-order valence-corrected chi connectivity index (χ1v) is 7.37. The van der Waals surface area contributed by atoms with E-state index in [1.807, 2.05) is 31.2 Å². The van der Waals surface area contributed by atoms with Crippen LogP contribution < -0.4 is 15.4 Å². The summed E-state index contributed by atoms with van der Waals surface area (Å²) in [6.45, 7) is 8.07. The Morgan fingerprint density at radius 1 is 1.25 bits per heavy atom. The highest BCUT2D eigenvalue weighted by Crippen LogP contribution is 2.12. The molecule has 1 atom stereocenters. The van der Waals surface area contributed by atoms with Gasteiger partial charge in [-0.15, -0.1) is 0 Å². The van der Waals surface area contributed by atoms with E-state index < -0.39 is 0 Å². The lowest BCUT2D eigenvalue weighted by Crippen LogP contribution is -2.35. The van der Waals surface area contributed by atoms with Crippen molar-refractivity contribution in [1.29, 1.82) is 0 Å². The summed E-state index contributed by atoms with van der Waals surface area (Å²) in [6, 6.07) is 8.02. The number of carbonyl (C=O) groups excluding carboxylic acids is 1. The van der Waals surface area contributed by atoms with E-state index in [0.717, 1.165) is 31.7 Å². The summed E-state index contributed by atoms with van der Waals surface area (Å²) in [6.07, 6.45) is 2.06. The van der Waals surface area contributed by atoms with Gasteiger partial charge in [-0.3, -0.25) is 4.79 Å². The molecular formula is C16H26N2O2. The van der Waals surface area contributed by atoms with Crippen molar-refractivity contribution < 1.29 is 9.53 Å². The molecule has 1 rings (SSSR count). The van der Waals surface area contributed by atoms with Gasteiger partial charge in [-0.1, -0.05) is 32.4 Å². The Balaban J connectivity index is 2.32. The lowest BCUT2D eigenvalue weighted by atomic mass is 10.2. The van der Waals surface area contributed by atoms with Crippen LogP contribution in [-0.2, 0) is 11.3 Å². The molecule has 2 N–H and O–H groups in total. The van der Waals surface area contributed by atoms with E-state index in [9.17, 15) is 4.79 Å². The van der Waals surface area contributed by atoms with E-state index in [1.54, 1.807) is 0 Å². The number of hydrogen-bond acceptors (Lipinski definition) is 3. The summed E-state index contributed by atoms with van der Waals surface area (Å²) in [5, 5.41) is 6.18. The van der Waals surface area contributed by atoms with Crippen LogP contribution in [0.1, 0.15) is 39.2 Å². The zero-order chi connectivity index (χ0) is 14.8. The number of amides is 1. The van der Waals surface area contributed by atoms with Crippen molar-refractivity contribution in [2.24, 2.45) is 0 Å². The summed E-state index contributed by atoms with van der Waals surface area (Å²) in [4.78, 5) is 11.7. The van der Waals surface area contributed by atoms with E-state index >= 15 is 0 Å². The van der Waals surface area contributed by atoms with E-state index in [-0.39, 0.29) is 18.6 Å². The van der Waals surface area contributed by atoms with Crippen LogP contribution in [0.5, 0.6) is 5.75 Å². The summed E-state index contributed by atoms with van der Waals surface area (Å²) >= 11 is 0. The molecule has 0 fully saturated rings. The van der Waals surface area contributed by atoms with Gasteiger partial charge in [0.1, 0.15) is 5.75 Å². The van der Waals surface area contributed by atoms with E-state index in [1.165, 1.54) is 5.56 Å². The summed E-state index contributed by atoms with van der Waals surface area (Å²) in [5.41, 5.74) is 1.21. The molecule has 0 bridgehead atoms.